The summed E-state index contributed by atoms with van der Waals surface area (Å²) in [4.78, 5) is 0. The molecule has 0 saturated heterocycles. The minimum Gasteiger partial charge on any atom is -0.309 e. The van der Waals surface area contributed by atoms with E-state index >= 15 is 0 Å². The van der Waals surface area contributed by atoms with Crippen molar-refractivity contribution < 1.29 is 0 Å². The molecule has 1 aromatic heterocycles. The molecule has 0 bridgehead atoms. The third-order valence-corrected chi connectivity index (χ3v) is 12.0. The predicted octanol–water partition coefficient (Wildman–Crippen LogP) is 15.0. The summed E-state index contributed by atoms with van der Waals surface area (Å²) in [6.45, 7) is 0. The lowest BCUT2D eigenvalue weighted by atomic mass is 9.83. The second-order valence-electron chi connectivity index (χ2n) is 14.8. The summed E-state index contributed by atoms with van der Waals surface area (Å²) in [5.74, 6) is 0. The zero-order valence-electron chi connectivity index (χ0n) is 30.0. The van der Waals surface area contributed by atoms with Crippen LogP contribution in [0.2, 0.25) is 0 Å². The fourth-order valence-electron chi connectivity index (χ4n) is 9.50. The molecule has 11 aromatic carbocycles. The van der Waals surface area contributed by atoms with Crippen LogP contribution in [0.3, 0.4) is 0 Å². The summed E-state index contributed by atoms with van der Waals surface area (Å²) >= 11 is 0. The highest BCUT2D eigenvalue weighted by molar-refractivity contribution is 6.31. The van der Waals surface area contributed by atoms with Gasteiger partial charge in [-0.05, 0) is 118 Å². The van der Waals surface area contributed by atoms with Crippen molar-refractivity contribution in [2.75, 3.05) is 0 Å². The summed E-state index contributed by atoms with van der Waals surface area (Å²) in [7, 11) is 0. The van der Waals surface area contributed by atoms with Gasteiger partial charge in [0.2, 0.25) is 0 Å². The van der Waals surface area contributed by atoms with Crippen molar-refractivity contribution in [3.8, 4) is 39.1 Å². The maximum atomic E-state index is 2.45. The molecule has 0 aliphatic heterocycles. The fraction of sp³-hybridized carbons (Fsp3) is 0. The van der Waals surface area contributed by atoms with Crippen LogP contribution < -0.4 is 0 Å². The van der Waals surface area contributed by atoms with E-state index in [0.717, 1.165) is 5.69 Å². The highest BCUT2D eigenvalue weighted by atomic mass is 15.0. The number of hydrogen-bond acceptors (Lipinski definition) is 0. The fourth-order valence-corrected chi connectivity index (χ4v) is 9.50. The van der Waals surface area contributed by atoms with Crippen molar-refractivity contribution in [3.63, 3.8) is 0 Å². The van der Waals surface area contributed by atoms with Gasteiger partial charge in [-0.1, -0.05) is 170 Å². The number of aromatic nitrogens is 1. The minimum absolute atomic E-state index is 1.16. The van der Waals surface area contributed by atoms with E-state index in [-0.39, 0.29) is 0 Å². The predicted molar refractivity (Wildman–Crippen MR) is 236 cm³/mol. The Hall–Kier alpha value is -7.22. The Morgan fingerprint density at radius 1 is 0.255 bits per heavy atom. The number of hydrogen-bond donors (Lipinski definition) is 0. The Kier molecular flexibility index (Phi) is 6.40. The first-order valence-corrected chi connectivity index (χ1v) is 19.1. The van der Waals surface area contributed by atoms with Gasteiger partial charge in [-0.2, -0.15) is 0 Å². The molecule has 0 atom stereocenters. The van der Waals surface area contributed by atoms with Gasteiger partial charge in [-0.3, -0.25) is 0 Å². The van der Waals surface area contributed by atoms with Gasteiger partial charge in [-0.15, -0.1) is 0 Å². The van der Waals surface area contributed by atoms with Gasteiger partial charge in [0.15, 0.2) is 0 Å². The van der Waals surface area contributed by atoms with Crippen LogP contribution >= 0.6 is 0 Å². The summed E-state index contributed by atoms with van der Waals surface area (Å²) in [5.41, 5.74) is 11.1. The van der Waals surface area contributed by atoms with Crippen molar-refractivity contribution in [1.29, 1.82) is 0 Å². The summed E-state index contributed by atoms with van der Waals surface area (Å²) in [6.07, 6.45) is 0. The van der Waals surface area contributed by atoms with Gasteiger partial charge >= 0.3 is 0 Å². The third-order valence-electron chi connectivity index (χ3n) is 12.0. The molecule has 0 radical (unpaired) electrons. The molecule has 1 heteroatoms. The van der Waals surface area contributed by atoms with Crippen molar-refractivity contribution in [1.82, 2.24) is 4.57 Å². The van der Waals surface area contributed by atoms with Gasteiger partial charge in [0, 0.05) is 16.5 Å². The Bertz CT molecular complexity index is 3410. The summed E-state index contributed by atoms with van der Waals surface area (Å²) < 4.78 is 2.40. The van der Waals surface area contributed by atoms with Gasteiger partial charge in [0.25, 0.3) is 0 Å². The molecule has 12 rings (SSSR count). The monoisotopic (exact) mass is 695 g/mol. The summed E-state index contributed by atoms with van der Waals surface area (Å²) in [6, 6.07) is 74.1. The second-order valence-corrected chi connectivity index (χ2v) is 14.8. The van der Waals surface area contributed by atoms with Gasteiger partial charge in [0.05, 0.1) is 11.0 Å². The van der Waals surface area contributed by atoms with E-state index < -0.39 is 0 Å². The van der Waals surface area contributed by atoms with E-state index in [1.807, 2.05) is 0 Å². The van der Waals surface area contributed by atoms with Crippen LogP contribution in [0.4, 0.5) is 0 Å². The molecule has 0 saturated carbocycles. The lowest BCUT2D eigenvalue weighted by Crippen LogP contribution is -1.95. The molecular weight excluding hydrogens is 663 g/mol. The molecule has 0 unspecified atom stereocenters. The first kappa shape index (κ1) is 30.3. The molecular formula is C54H33N. The maximum Gasteiger partial charge on any atom is 0.0541 e. The molecule has 0 spiro atoms. The smallest absolute Gasteiger partial charge is 0.0541 e. The van der Waals surface area contributed by atoms with Gasteiger partial charge < -0.3 is 4.57 Å². The molecule has 0 fully saturated rings. The zero-order chi connectivity index (χ0) is 36.0. The van der Waals surface area contributed by atoms with Gasteiger partial charge in [-0.25, -0.2) is 0 Å². The van der Waals surface area contributed by atoms with Crippen LogP contribution in [0.5, 0.6) is 0 Å². The van der Waals surface area contributed by atoms with Crippen LogP contribution in [0.1, 0.15) is 0 Å². The lowest BCUT2D eigenvalue weighted by Gasteiger charge is -2.20. The highest BCUT2D eigenvalue weighted by Crippen LogP contribution is 2.47. The van der Waals surface area contributed by atoms with E-state index in [0.29, 0.717) is 0 Å². The van der Waals surface area contributed by atoms with Crippen molar-refractivity contribution in [3.05, 3.63) is 200 Å². The lowest BCUT2D eigenvalue weighted by molar-refractivity contribution is 1.18. The van der Waals surface area contributed by atoms with Crippen molar-refractivity contribution in [2.45, 2.75) is 0 Å². The molecule has 1 nitrogen and oxygen atoms in total. The molecule has 0 amide bonds. The Morgan fingerprint density at radius 2 is 0.727 bits per heavy atom. The van der Waals surface area contributed by atoms with E-state index in [2.05, 4.69) is 205 Å². The molecule has 0 aliphatic carbocycles. The average Bonchev–Trinajstić information content (AvgIpc) is 3.59. The van der Waals surface area contributed by atoms with Crippen LogP contribution in [0.25, 0.3) is 115 Å². The minimum atomic E-state index is 1.16. The average molecular weight is 696 g/mol. The number of benzene rings is 11. The zero-order valence-corrected chi connectivity index (χ0v) is 30.0. The SMILES string of the molecule is c1ccc2c(-c3ccc4ccc5c(-c6cccc7ccccc67)cc(-c6ccc(-n7c8ccccc8c8ccccc87)cc6)c6ccc3c4c65)cccc2c1. The number of fused-ring (bicyclic) bond motifs is 5. The number of para-hydroxylation sites is 2. The summed E-state index contributed by atoms with van der Waals surface area (Å²) in [5, 5.41) is 15.4. The number of nitrogens with zero attached hydrogens (tertiary/aromatic N) is 1. The van der Waals surface area contributed by atoms with Crippen LogP contribution in [-0.4, -0.2) is 4.57 Å². The molecule has 0 N–H and O–H groups in total. The van der Waals surface area contributed by atoms with Crippen LogP contribution in [0, 0.1) is 0 Å². The normalized spacial score (nSPS) is 12.0. The first-order valence-electron chi connectivity index (χ1n) is 19.1. The second kappa shape index (κ2) is 11.6. The van der Waals surface area contributed by atoms with E-state index in [9.17, 15) is 0 Å². The van der Waals surface area contributed by atoms with Gasteiger partial charge in [0.1, 0.15) is 0 Å². The van der Waals surface area contributed by atoms with Crippen LogP contribution in [0.15, 0.2) is 200 Å². The van der Waals surface area contributed by atoms with Crippen molar-refractivity contribution >= 4 is 75.7 Å². The largest absolute Gasteiger partial charge is 0.309 e. The van der Waals surface area contributed by atoms with Crippen LogP contribution in [-0.2, 0) is 0 Å². The Labute approximate surface area is 318 Å². The highest BCUT2D eigenvalue weighted by Gasteiger charge is 2.20. The molecule has 1 heterocycles. The molecule has 254 valence electrons. The van der Waals surface area contributed by atoms with E-state index in [1.165, 1.54) is 109 Å². The van der Waals surface area contributed by atoms with E-state index in [4.69, 9.17) is 0 Å². The maximum absolute atomic E-state index is 2.45. The van der Waals surface area contributed by atoms with Crippen molar-refractivity contribution in [2.24, 2.45) is 0 Å². The quantitative estimate of drug-likeness (QED) is 0.162. The molecule has 12 aromatic rings. The van der Waals surface area contributed by atoms with E-state index in [1.54, 1.807) is 0 Å². The first-order chi connectivity index (χ1) is 27.3. The third kappa shape index (κ3) is 4.41. The molecule has 0 aliphatic rings. The Balaban J connectivity index is 1.15. The Morgan fingerprint density at radius 3 is 1.38 bits per heavy atom. The number of rotatable bonds is 4. The topological polar surface area (TPSA) is 4.93 Å². The standard InChI is InChI=1S/C54H33N/c1-3-15-39-34(11-1)13-9-19-41(39)43-29-25-37-26-30-48-50(42-20-10-14-35-12-2-4-16-40(35)42)33-49(47-32-31-46(43)53(37)54(47)48)36-23-27-38(28-24-36)55-51-21-7-5-17-44(51)45-18-6-8-22-52(45)55/h1-33H. The molecule has 55 heavy (non-hydrogen) atoms.